The lowest BCUT2D eigenvalue weighted by molar-refractivity contribution is 0.0785. The van der Waals surface area contributed by atoms with Crippen LogP contribution in [0.25, 0.3) is 0 Å². The molecule has 0 saturated carbocycles. The minimum absolute atomic E-state index is 0.141. The molecule has 0 saturated heterocycles. The molecule has 0 aliphatic heterocycles. The van der Waals surface area contributed by atoms with Crippen molar-refractivity contribution in [2.75, 3.05) is 7.05 Å². The molecule has 1 heterocycles. The number of nitrogens with zero attached hydrogens (tertiary/aromatic N) is 3. The fourth-order valence-electron chi connectivity index (χ4n) is 2.27. The molecule has 0 radical (unpaired) electrons. The Morgan fingerprint density at radius 3 is 2.42 bits per heavy atom. The SMILES string of the molecule is CC(C)NS(=O)(=O)c1ccc(C(=O)N(C)Cc2cnn(C)c2)cc1. The van der Waals surface area contributed by atoms with Gasteiger partial charge in [-0.25, -0.2) is 13.1 Å². The second-order valence-electron chi connectivity index (χ2n) is 5.98. The van der Waals surface area contributed by atoms with Gasteiger partial charge in [0.1, 0.15) is 0 Å². The monoisotopic (exact) mass is 350 g/mol. The lowest BCUT2D eigenvalue weighted by atomic mass is 10.2. The first kappa shape index (κ1) is 18.2. The van der Waals surface area contributed by atoms with E-state index in [0.717, 1.165) is 5.56 Å². The minimum atomic E-state index is -3.55. The van der Waals surface area contributed by atoms with Crippen LogP contribution in [-0.2, 0) is 23.6 Å². The van der Waals surface area contributed by atoms with Gasteiger partial charge in [-0.05, 0) is 38.1 Å². The molecule has 1 N–H and O–H groups in total. The zero-order valence-corrected chi connectivity index (χ0v) is 15.0. The lowest BCUT2D eigenvalue weighted by Crippen LogP contribution is -2.30. The van der Waals surface area contributed by atoms with Gasteiger partial charge in [-0.2, -0.15) is 5.10 Å². The summed E-state index contributed by atoms with van der Waals surface area (Å²) in [4.78, 5) is 14.1. The van der Waals surface area contributed by atoms with E-state index >= 15 is 0 Å². The Morgan fingerprint density at radius 1 is 1.29 bits per heavy atom. The Bertz CT molecular complexity index is 810. The second kappa shape index (κ2) is 7.14. The molecule has 1 aromatic carbocycles. The van der Waals surface area contributed by atoms with Gasteiger partial charge in [0.2, 0.25) is 10.0 Å². The molecule has 2 rings (SSSR count). The maximum Gasteiger partial charge on any atom is 0.253 e. The quantitative estimate of drug-likeness (QED) is 0.853. The minimum Gasteiger partial charge on any atom is -0.337 e. The van der Waals surface area contributed by atoms with Crippen LogP contribution in [0.15, 0.2) is 41.6 Å². The van der Waals surface area contributed by atoms with Crippen LogP contribution in [0, 0.1) is 0 Å². The molecule has 24 heavy (non-hydrogen) atoms. The van der Waals surface area contributed by atoms with Crippen LogP contribution in [0.4, 0.5) is 0 Å². The van der Waals surface area contributed by atoms with E-state index in [4.69, 9.17) is 0 Å². The predicted octanol–water partition coefficient (Wildman–Crippen LogP) is 1.38. The third-order valence-corrected chi connectivity index (χ3v) is 5.00. The molecule has 7 nitrogen and oxygen atoms in total. The fraction of sp³-hybridized carbons (Fsp3) is 0.375. The third-order valence-electron chi connectivity index (χ3n) is 3.33. The standard InChI is InChI=1S/C16H22N4O3S/c1-12(2)18-24(22,23)15-7-5-14(6-8-15)16(21)19(3)10-13-9-17-20(4)11-13/h5-9,11-12,18H,10H2,1-4H3. The zero-order valence-electron chi connectivity index (χ0n) is 14.2. The maximum atomic E-state index is 12.4. The predicted molar refractivity (Wildman–Crippen MR) is 90.9 cm³/mol. The van der Waals surface area contributed by atoms with Crippen molar-refractivity contribution >= 4 is 15.9 Å². The van der Waals surface area contributed by atoms with Crippen LogP contribution >= 0.6 is 0 Å². The van der Waals surface area contributed by atoms with Gasteiger partial charge in [-0.15, -0.1) is 0 Å². The molecule has 0 bridgehead atoms. The Balaban J connectivity index is 2.10. The average molecular weight is 350 g/mol. The first-order valence-electron chi connectivity index (χ1n) is 7.54. The summed E-state index contributed by atoms with van der Waals surface area (Å²) in [5.74, 6) is -0.181. The number of aromatic nitrogens is 2. The Hall–Kier alpha value is -2.19. The lowest BCUT2D eigenvalue weighted by Gasteiger charge is -2.16. The summed E-state index contributed by atoms with van der Waals surface area (Å²) in [6, 6.07) is 5.74. The summed E-state index contributed by atoms with van der Waals surface area (Å²) >= 11 is 0. The number of carbonyl (C=O) groups is 1. The molecule has 8 heteroatoms. The fourth-order valence-corrected chi connectivity index (χ4v) is 3.53. The van der Waals surface area contributed by atoms with Crippen molar-refractivity contribution in [3.05, 3.63) is 47.8 Å². The van der Waals surface area contributed by atoms with E-state index in [0.29, 0.717) is 12.1 Å². The van der Waals surface area contributed by atoms with Crippen molar-refractivity contribution in [2.45, 2.75) is 31.3 Å². The van der Waals surface area contributed by atoms with Crippen molar-refractivity contribution in [3.63, 3.8) is 0 Å². The molecular formula is C16H22N4O3S. The van der Waals surface area contributed by atoms with E-state index in [1.807, 2.05) is 13.2 Å². The maximum absolute atomic E-state index is 12.4. The normalized spacial score (nSPS) is 11.7. The van der Waals surface area contributed by atoms with Crippen LogP contribution < -0.4 is 4.72 Å². The van der Waals surface area contributed by atoms with E-state index in [1.54, 1.807) is 36.7 Å². The van der Waals surface area contributed by atoms with Crippen molar-refractivity contribution in [3.8, 4) is 0 Å². The number of sulfonamides is 1. The van der Waals surface area contributed by atoms with Crippen LogP contribution in [0.1, 0.15) is 29.8 Å². The Morgan fingerprint density at radius 2 is 1.92 bits per heavy atom. The summed E-state index contributed by atoms with van der Waals surface area (Å²) in [5.41, 5.74) is 1.36. The molecular weight excluding hydrogens is 328 g/mol. The van der Waals surface area contributed by atoms with E-state index in [1.165, 1.54) is 24.3 Å². The smallest absolute Gasteiger partial charge is 0.253 e. The van der Waals surface area contributed by atoms with E-state index in [2.05, 4.69) is 9.82 Å². The highest BCUT2D eigenvalue weighted by molar-refractivity contribution is 7.89. The molecule has 130 valence electrons. The van der Waals surface area contributed by atoms with E-state index < -0.39 is 10.0 Å². The number of carbonyl (C=O) groups excluding carboxylic acids is 1. The van der Waals surface area contributed by atoms with Gasteiger partial charge in [0.25, 0.3) is 5.91 Å². The van der Waals surface area contributed by atoms with E-state index in [-0.39, 0.29) is 16.8 Å². The van der Waals surface area contributed by atoms with Crippen LogP contribution in [0.3, 0.4) is 0 Å². The van der Waals surface area contributed by atoms with Gasteiger partial charge < -0.3 is 4.90 Å². The largest absolute Gasteiger partial charge is 0.337 e. The average Bonchev–Trinajstić information content (AvgIpc) is 2.90. The van der Waals surface area contributed by atoms with Crippen LogP contribution in [-0.4, -0.2) is 42.1 Å². The van der Waals surface area contributed by atoms with Gasteiger partial charge in [0.05, 0.1) is 11.1 Å². The van der Waals surface area contributed by atoms with Gasteiger partial charge in [0, 0.05) is 44.0 Å². The number of aryl methyl sites for hydroxylation is 1. The van der Waals surface area contributed by atoms with E-state index in [9.17, 15) is 13.2 Å². The van der Waals surface area contributed by atoms with Crippen molar-refractivity contribution < 1.29 is 13.2 Å². The molecule has 0 fully saturated rings. The van der Waals surface area contributed by atoms with Gasteiger partial charge in [0.15, 0.2) is 0 Å². The van der Waals surface area contributed by atoms with Gasteiger partial charge in [-0.3, -0.25) is 9.48 Å². The van der Waals surface area contributed by atoms with Gasteiger partial charge >= 0.3 is 0 Å². The zero-order chi connectivity index (χ0) is 17.9. The molecule has 2 aromatic rings. The molecule has 0 unspecified atom stereocenters. The number of hydrogen-bond donors (Lipinski definition) is 1. The number of hydrogen-bond acceptors (Lipinski definition) is 4. The first-order chi connectivity index (χ1) is 11.2. The Labute approximate surface area is 142 Å². The number of rotatable bonds is 6. The highest BCUT2D eigenvalue weighted by atomic mass is 32.2. The van der Waals surface area contributed by atoms with Crippen molar-refractivity contribution in [1.82, 2.24) is 19.4 Å². The molecule has 0 aliphatic carbocycles. The number of nitrogens with one attached hydrogen (secondary N) is 1. The number of benzene rings is 1. The molecule has 0 aliphatic rings. The third kappa shape index (κ3) is 4.42. The second-order valence-corrected chi connectivity index (χ2v) is 7.70. The highest BCUT2D eigenvalue weighted by Crippen LogP contribution is 2.13. The highest BCUT2D eigenvalue weighted by Gasteiger charge is 2.17. The molecule has 0 spiro atoms. The molecule has 1 amide bonds. The summed E-state index contributed by atoms with van der Waals surface area (Å²) in [6.07, 6.45) is 3.55. The summed E-state index contributed by atoms with van der Waals surface area (Å²) in [7, 11) is -0.0441. The first-order valence-corrected chi connectivity index (χ1v) is 9.03. The summed E-state index contributed by atoms with van der Waals surface area (Å²) in [6.45, 7) is 3.94. The number of amides is 1. The topological polar surface area (TPSA) is 84.3 Å². The van der Waals surface area contributed by atoms with Crippen molar-refractivity contribution in [1.29, 1.82) is 0 Å². The Kier molecular flexibility index (Phi) is 5.40. The molecule has 0 atom stereocenters. The van der Waals surface area contributed by atoms with Gasteiger partial charge in [-0.1, -0.05) is 0 Å². The summed E-state index contributed by atoms with van der Waals surface area (Å²) < 4.78 is 28.4. The van der Waals surface area contributed by atoms with Crippen LogP contribution in [0.2, 0.25) is 0 Å². The van der Waals surface area contributed by atoms with Crippen LogP contribution in [0.5, 0.6) is 0 Å². The molecule has 1 aromatic heterocycles. The van der Waals surface area contributed by atoms with Crippen molar-refractivity contribution in [2.24, 2.45) is 7.05 Å². The summed E-state index contributed by atoms with van der Waals surface area (Å²) in [5, 5.41) is 4.07.